The summed E-state index contributed by atoms with van der Waals surface area (Å²) in [4.78, 5) is 40.9. The highest BCUT2D eigenvalue weighted by Gasteiger charge is 2.54. The van der Waals surface area contributed by atoms with Gasteiger partial charge in [0.05, 0.1) is 16.8 Å². The molecule has 1 aliphatic heterocycles. The molecule has 0 spiro atoms. The van der Waals surface area contributed by atoms with Crippen LogP contribution in [0.5, 0.6) is 11.6 Å². The molecule has 6 atom stereocenters. The molecule has 0 amide bonds. The largest absolute Gasteiger partial charge is 0.462 e. The summed E-state index contributed by atoms with van der Waals surface area (Å²) in [6, 6.07) is 5.65. The minimum absolute atomic E-state index is 0.00199. The van der Waals surface area contributed by atoms with Crippen LogP contribution in [-0.4, -0.2) is 68.2 Å². The molecule has 232 valence electrons. The van der Waals surface area contributed by atoms with Crippen LogP contribution in [0.25, 0.3) is 0 Å². The summed E-state index contributed by atoms with van der Waals surface area (Å²) in [5.74, 6) is -2.25. The molecule has 0 radical (unpaired) electrons. The maximum Gasteiger partial charge on any atom is 0.459 e. The molecule has 2 heterocycles. The summed E-state index contributed by atoms with van der Waals surface area (Å²) in [6.45, 7) is 5.83. The second-order valence-corrected chi connectivity index (χ2v) is 12.1. The van der Waals surface area contributed by atoms with E-state index in [1.807, 2.05) is 0 Å². The number of nitrogens with one attached hydrogen (secondary N) is 1. The van der Waals surface area contributed by atoms with E-state index in [2.05, 4.69) is 10.1 Å². The number of aromatic nitrogens is 2. The van der Waals surface area contributed by atoms with Gasteiger partial charge < -0.3 is 28.9 Å². The van der Waals surface area contributed by atoms with Crippen LogP contribution in [0.4, 0.5) is 0 Å². The Morgan fingerprint density at radius 3 is 2.55 bits per heavy atom. The molecule has 3 N–H and O–H groups in total. The Kier molecular flexibility index (Phi) is 9.58. The minimum atomic E-state index is -4.83. The van der Waals surface area contributed by atoms with Crippen LogP contribution in [0, 0.1) is 5.92 Å². The lowest BCUT2D eigenvalue weighted by molar-refractivity contribution is -0.149. The van der Waals surface area contributed by atoms with Crippen molar-refractivity contribution in [1.29, 1.82) is 0 Å². The number of rotatable bonds is 13. The van der Waals surface area contributed by atoms with Crippen LogP contribution in [0.2, 0.25) is 0 Å². The Morgan fingerprint density at radius 2 is 1.93 bits per heavy atom. The van der Waals surface area contributed by atoms with Crippen LogP contribution < -0.4 is 20.0 Å². The highest BCUT2D eigenvalue weighted by Crippen LogP contribution is 2.47. The zero-order valence-corrected chi connectivity index (χ0v) is 24.9. The summed E-state index contributed by atoms with van der Waals surface area (Å²) in [5, 5.41) is 24.5. The first-order valence-electron chi connectivity index (χ1n) is 14.7. The number of carbonyl (C=O) groups excluding carboxylic acids is 2. The van der Waals surface area contributed by atoms with Gasteiger partial charge >= 0.3 is 25.4 Å². The second kappa shape index (κ2) is 13.9. The second-order valence-electron chi connectivity index (χ2n) is 10.5. The van der Waals surface area contributed by atoms with E-state index in [0.717, 1.165) is 13.1 Å². The maximum atomic E-state index is 13.9. The molecule has 14 nitrogen and oxygen atoms in total. The monoisotopic (exact) mass is 614 g/mol. The number of aliphatic hydroxyl groups excluding tert-OH is 1. The van der Waals surface area contributed by atoms with Gasteiger partial charge in [-0.25, -0.2) is 9.36 Å². The lowest BCUT2D eigenvalue weighted by atomic mass is 9.96. The SMILES string of the molecule is [2H]c1cn([C@@H]2O[C@H](C([2H])([2H])O[P@@](=O)(N[C@@H](C)C(=O)OC(C)C)Oc3ccccc3)[C@@H](O)[C@@]2(C)O)c(=O)nc1OC(=O)CC(C)C. The predicted octanol–water partition coefficient (Wildman–Crippen LogP) is 2.34. The fourth-order valence-electron chi connectivity index (χ4n) is 3.74. The minimum Gasteiger partial charge on any atom is -0.462 e. The van der Waals surface area contributed by atoms with Gasteiger partial charge in [0, 0.05) is 18.7 Å². The van der Waals surface area contributed by atoms with Crippen LogP contribution in [0.1, 0.15) is 58.3 Å². The van der Waals surface area contributed by atoms with Crippen molar-refractivity contribution in [2.75, 3.05) is 6.56 Å². The number of nitrogens with zero attached hydrogens (tertiary/aromatic N) is 2. The molecule has 1 fully saturated rings. The van der Waals surface area contributed by atoms with Crippen molar-refractivity contribution in [2.45, 2.75) is 84.1 Å². The quantitative estimate of drug-likeness (QED) is 0.221. The van der Waals surface area contributed by atoms with Crippen molar-refractivity contribution in [3.05, 3.63) is 53.1 Å². The van der Waals surface area contributed by atoms with Crippen molar-refractivity contribution in [2.24, 2.45) is 5.92 Å². The zero-order valence-electron chi connectivity index (χ0n) is 27.0. The molecule has 0 aliphatic carbocycles. The molecule has 1 aromatic carbocycles. The first-order valence-corrected chi connectivity index (χ1v) is 14.7. The molecule has 2 aromatic rings. The van der Waals surface area contributed by atoms with Crippen LogP contribution in [-0.2, 0) is 28.2 Å². The molecule has 1 aliphatic rings. The van der Waals surface area contributed by atoms with Crippen molar-refractivity contribution in [3.63, 3.8) is 0 Å². The van der Waals surface area contributed by atoms with Gasteiger partial charge in [-0.3, -0.25) is 18.7 Å². The Morgan fingerprint density at radius 1 is 1.26 bits per heavy atom. The van der Waals surface area contributed by atoms with Gasteiger partial charge in [-0.05, 0) is 45.7 Å². The molecular weight excluding hydrogens is 573 g/mol. The standard InChI is InChI=1S/C27H38N3O11P/c1-16(2)14-22(31)40-21-12-13-30(26(34)28-21)25-27(6,35)23(32)20(39-25)15-37-42(36,41-19-10-8-7-9-11-19)29-18(5)24(33)38-17(3)4/h7-13,16-18,20,23,25,32,35H,14-15H2,1-6H3,(H,29,36)/t18-,20+,23+,25+,27+,42-/m0/s1/i12D,15D2. The van der Waals surface area contributed by atoms with Crippen LogP contribution >= 0.6 is 7.75 Å². The molecule has 0 saturated carbocycles. The lowest BCUT2D eigenvalue weighted by Crippen LogP contribution is -2.46. The third-order valence-electron chi connectivity index (χ3n) is 5.76. The van der Waals surface area contributed by atoms with E-state index >= 15 is 0 Å². The molecule has 0 bridgehead atoms. The Hall–Kier alpha value is -3.13. The number of para-hydroxylation sites is 1. The van der Waals surface area contributed by atoms with E-state index in [-0.39, 0.29) is 18.1 Å². The van der Waals surface area contributed by atoms with E-state index in [1.165, 1.54) is 19.1 Å². The summed E-state index contributed by atoms with van der Waals surface area (Å²) in [6.07, 6.45) is -5.76. The fraction of sp³-hybridized carbons (Fsp3) is 0.556. The molecule has 15 heteroatoms. The molecule has 1 aromatic heterocycles. The van der Waals surface area contributed by atoms with E-state index in [9.17, 15) is 29.2 Å². The summed E-state index contributed by atoms with van der Waals surface area (Å²) in [7, 11) is -4.83. The fourth-order valence-corrected chi connectivity index (χ4v) is 5.10. The van der Waals surface area contributed by atoms with E-state index in [1.54, 1.807) is 45.9 Å². The highest BCUT2D eigenvalue weighted by atomic mass is 31.2. The number of carbonyl (C=O) groups is 2. The van der Waals surface area contributed by atoms with Crippen LogP contribution in [0.3, 0.4) is 0 Å². The predicted molar refractivity (Wildman–Crippen MR) is 149 cm³/mol. The van der Waals surface area contributed by atoms with Gasteiger partial charge in [-0.15, -0.1) is 0 Å². The highest BCUT2D eigenvalue weighted by molar-refractivity contribution is 7.52. The summed E-state index contributed by atoms with van der Waals surface area (Å²) >= 11 is 0. The first-order chi connectivity index (χ1) is 20.8. The maximum absolute atomic E-state index is 13.9. The van der Waals surface area contributed by atoms with Gasteiger partial charge in [0.25, 0.3) is 0 Å². The first kappa shape index (κ1) is 29.0. The van der Waals surface area contributed by atoms with Crippen molar-refractivity contribution in [1.82, 2.24) is 14.6 Å². The summed E-state index contributed by atoms with van der Waals surface area (Å²) in [5.41, 5.74) is -3.56. The van der Waals surface area contributed by atoms with E-state index in [4.69, 9.17) is 27.4 Å². The smallest absolute Gasteiger partial charge is 0.459 e. The van der Waals surface area contributed by atoms with Crippen molar-refractivity contribution >= 4 is 19.7 Å². The zero-order chi connectivity index (χ0) is 33.9. The Labute approximate surface area is 247 Å². The number of hydrogen-bond acceptors (Lipinski definition) is 12. The molecule has 1 saturated heterocycles. The topological polar surface area (TPSA) is 185 Å². The molecule has 3 rings (SSSR count). The molecule has 0 unspecified atom stereocenters. The molecule has 42 heavy (non-hydrogen) atoms. The number of benzene rings is 1. The van der Waals surface area contributed by atoms with Crippen LogP contribution in [0.15, 0.2) is 47.4 Å². The molecular formula is C27H38N3O11P. The van der Waals surface area contributed by atoms with Gasteiger partial charge in [-0.2, -0.15) is 10.1 Å². The van der Waals surface area contributed by atoms with Gasteiger partial charge in [0.2, 0.25) is 5.88 Å². The number of ether oxygens (including phenoxy) is 3. The number of esters is 2. The normalized spacial score (nSPS) is 25.7. The Balaban J connectivity index is 1.92. The van der Waals surface area contributed by atoms with Crippen molar-refractivity contribution in [3.8, 4) is 11.6 Å². The Bertz CT molecular complexity index is 1470. The number of hydrogen-bond donors (Lipinski definition) is 3. The average molecular weight is 615 g/mol. The number of aliphatic hydroxyl groups is 2. The van der Waals surface area contributed by atoms with E-state index in [0.29, 0.717) is 4.57 Å². The van der Waals surface area contributed by atoms with Gasteiger partial charge in [0.15, 0.2) is 6.23 Å². The summed E-state index contributed by atoms with van der Waals surface area (Å²) < 4.78 is 66.3. The van der Waals surface area contributed by atoms with E-state index < -0.39 is 80.0 Å². The lowest BCUT2D eigenvalue weighted by Gasteiger charge is -2.27. The van der Waals surface area contributed by atoms with Crippen molar-refractivity contribution < 1.29 is 51.7 Å². The van der Waals surface area contributed by atoms with Gasteiger partial charge in [-0.1, -0.05) is 32.0 Å². The average Bonchev–Trinajstić information content (AvgIpc) is 3.14. The van der Waals surface area contributed by atoms with Gasteiger partial charge in [0.1, 0.15) is 29.6 Å². The third-order valence-corrected chi connectivity index (χ3v) is 7.26. The third kappa shape index (κ3) is 8.69.